The Balaban J connectivity index is 1.54. The molecule has 5 nitrogen and oxygen atoms in total. The van der Waals surface area contributed by atoms with Gasteiger partial charge in [-0.3, -0.25) is 4.79 Å². The standard InChI is InChI=1S/C19H17ClN2O3S/c20-14-5-7-15(8-6-14)26(24,25)16-9-10-22(12-16)19(23)18-11-13-3-1-2-4-17(13)21-18/h1-8,11,16,21H,9-10,12H2. The van der Waals surface area contributed by atoms with Gasteiger partial charge in [0, 0.05) is 29.0 Å². The number of aromatic amines is 1. The molecule has 0 bridgehead atoms. The number of para-hydroxylation sites is 1. The van der Waals surface area contributed by atoms with E-state index < -0.39 is 15.1 Å². The number of nitrogens with one attached hydrogen (secondary N) is 1. The Kier molecular flexibility index (Phi) is 4.25. The Labute approximate surface area is 156 Å². The van der Waals surface area contributed by atoms with Crippen LogP contribution in [0.3, 0.4) is 0 Å². The fourth-order valence-corrected chi connectivity index (χ4v) is 5.16. The van der Waals surface area contributed by atoms with Crippen molar-refractivity contribution in [3.8, 4) is 0 Å². The van der Waals surface area contributed by atoms with E-state index in [1.54, 1.807) is 23.1 Å². The molecule has 4 rings (SSSR count). The number of halogens is 1. The van der Waals surface area contributed by atoms with Crippen LogP contribution in [0.1, 0.15) is 16.9 Å². The summed E-state index contributed by atoms with van der Waals surface area (Å²) in [6.45, 7) is 0.616. The highest BCUT2D eigenvalue weighted by atomic mass is 35.5. The molecule has 0 radical (unpaired) electrons. The summed E-state index contributed by atoms with van der Waals surface area (Å²) >= 11 is 5.84. The van der Waals surface area contributed by atoms with Crippen molar-refractivity contribution in [3.05, 3.63) is 65.3 Å². The van der Waals surface area contributed by atoms with Gasteiger partial charge in [-0.05, 0) is 42.8 Å². The number of hydrogen-bond donors (Lipinski definition) is 1. The van der Waals surface area contributed by atoms with Crippen LogP contribution in [0.2, 0.25) is 5.02 Å². The maximum Gasteiger partial charge on any atom is 0.270 e. The molecule has 1 saturated heterocycles. The van der Waals surface area contributed by atoms with Gasteiger partial charge in [-0.2, -0.15) is 0 Å². The van der Waals surface area contributed by atoms with Crippen LogP contribution in [-0.2, 0) is 9.84 Å². The highest BCUT2D eigenvalue weighted by Crippen LogP contribution is 2.26. The number of benzene rings is 2. The molecule has 1 unspecified atom stereocenters. The maximum atomic E-state index is 12.8. The summed E-state index contributed by atoms with van der Waals surface area (Å²) in [5.74, 6) is -0.171. The Morgan fingerprint density at radius 3 is 2.58 bits per heavy atom. The zero-order chi connectivity index (χ0) is 18.3. The van der Waals surface area contributed by atoms with E-state index in [2.05, 4.69) is 4.98 Å². The summed E-state index contributed by atoms with van der Waals surface area (Å²) in [7, 11) is -3.49. The Morgan fingerprint density at radius 1 is 1.12 bits per heavy atom. The molecule has 0 saturated carbocycles. The van der Waals surface area contributed by atoms with Crippen molar-refractivity contribution in [1.82, 2.24) is 9.88 Å². The summed E-state index contributed by atoms with van der Waals surface area (Å²) < 4.78 is 25.6. The molecular weight excluding hydrogens is 372 g/mol. The molecule has 0 aliphatic carbocycles. The summed E-state index contributed by atoms with van der Waals surface area (Å²) in [6.07, 6.45) is 0.428. The molecule has 1 aliphatic heterocycles. The largest absolute Gasteiger partial charge is 0.351 e. The Hall–Kier alpha value is -2.31. The van der Waals surface area contributed by atoms with Crippen LogP contribution >= 0.6 is 11.6 Å². The molecule has 26 heavy (non-hydrogen) atoms. The zero-order valence-electron chi connectivity index (χ0n) is 13.9. The molecule has 3 aromatic rings. The first-order valence-electron chi connectivity index (χ1n) is 8.31. The number of rotatable bonds is 3. The number of sulfone groups is 1. The number of carbonyl (C=O) groups excluding carboxylic acids is 1. The SMILES string of the molecule is O=C(c1cc2ccccc2[nH]1)N1CCC(S(=O)(=O)c2ccc(Cl)cc2)C1. The summed E-state index contributed by atoms with van der Waals surface area (Å²) in [4.78, 5) is 17.7. The van der Waals surface area contributed by atoms with Crippen LogP contribution in [0.15, 0.2) is 59.5 Å². The van der Waals surface area contributed by atoms with E-state index in [1.807, 2.05) is 24.3 Å². The molecule has 1 atom stereocenters. The van der Waals surface area contributed by atoms with Crippen molar-refractivity contribution in [1.29, 1.82) is 0 Å². The van der Waals surface area contributed by atoms with E-state index in [4.69, 9.17) is 11.6 Å². The number of nitrogens with zero attached hydrogens (tertiary/aromatic N) is 1. The second kappa shape index (κ2) is 6.45. The zero-order valence-corrected chi connectivity index (χ0v) is 15.4. The Bertz CT molecular complexity index is 1040. The molecule has 0 spiro atoms. The quantitative estimate of drug-likeness (QED) is 0.746. The second-order valence-corrected chi connectivity index (χ2v) is 9.10. The predicted molar refractivity (Wildman–Crippen MR) is 101 cm³/mol. The van der Waals surface area contributed by atoms with E-state index >= 15 is 0 Å². The van der Waals surface area contributed by atoms with Gasteiger partial charge in [0.05, 0.1) is 10.1 Å². The molecule has 1 aromatic heterocycles. The third-order valence-corrected chi connectivity index (χ3v) is 7.22. The van der Waals surface area contributed by atoms with Crippen LogP contribution in [-0.4, -0.2) is 42.5 Å². The number of fused-ring (bicyclic) bond motifs is 1. The molecule has 1 N–H and O–H groups in total. The number of aromatic nitrogens is 1. The highest BCUT2D eigenvalue weighted by molar-refractivity contribution is 7.92. The third kappa shape index (κ3) is 2.99. The lowest BCUT2D eigenvalue weighted by molar-refractivity contribution is 0.0788. The third-order valence-electron chi connectivity index (χ3n) is 4.77. The number of amides is 1. The van der Waals surface area contributed by atoms with Gasteiger partial charge < -0.3 is 9.88 Å². The van der Waals surface area contributed by atoms with E-state index in [9.17, 15) is 13.2 Å². The van der Waals surface area contributed by atoms with Gasteiger partial charge in [0.2, 0.25) is 0 Å². The van der Waals surface area contributed by atoms with Gasteiger partial charge in [-0.15, -0.1) is 0 Å². The van der Waals surface area contributed by atoms with Crippen molar-refractivity contribution in [2.45, 2.75) is 16.6 Å². The molecule has 134 valence electrons. The van der Waals surface area contributed by atoms with Crippen molar-refractivity contribution in [2.75, 3.05) is 13.1 Å². The van der Waals surface area contributed by atoms with E-state index in [0.717, 1.165) is 10.9 Å². The smallest absolute Gasteiger partial charge is 0.270 e. The van der Waals surface area contributed by atoms with Gasteiger partial charge in [0.1, 0.15) is 5.69 Å². The lowest BCUT2D eigenvalue weighted by atomic mass is 10.2. The van der Waals surface area contributed by atoms with Gasteiger partial charge >= 0.3 is 0 Å². The maximum absolute atomic E-state index is 12.8. The lowest BCUT2D eigenvalue weighted by Crippen LogP contribution is -2.32. The first kappa shape index (κ1) is 17.1. The molecule has 1 fully saturated rings. The minimum Gasteiger partial charge on any atom is -0.351 e. The predicted octanol–water partition coefficient (Wildman–Crippen LogP) is 3.51. The summed E-state index contributed by atoms with van der Waals surface area (Å²) in [6, 6.07) is 15.6. The van der Waals surface area contributed by atoms with Crippen LogP contribution in [0, 0.1) is 0 Å². The molecule has 2 aromatic carbocycles. The molecule has 1 aliphatic rings. The number of hydrogen-bond acceptors (Lipinski definition) is 3. The lowest BCUT2D eigenvalue weighted by Gasteiger charge is -2.16. The van der Waals surface area contributed by atoms with Crippen molar-refractivity contribution in [3.63, 3.8) is 0 Å². The molecule has 7 heteroatoms. The van der Waals surface area contributed by atoms with Crippen LogP contribution in [0.5, 0.6) is 0 Å². The average molecular weight is 389 g/mol. The minimum atomic E-state index is -3.49. The van der Waals surface area contributed by atoms with E-state index in [0.29, 0.717) is 23.7 Å². The molecule has 2 heterocycles. The van der Waals surface area contributed by atoms with E-state index in [1.165, 1.54) is 12.1 Å². The van der Waals surface area contributed by atoms with Gasteiger partial charge in [0.15, 0.2) is 9.84 Å². The number of H-pyrrole nitrogens is 1. The topological polar surface area (TPSA) is 70.2 Å². The van der Waals surface area contributed by atoms with Gasteiger partial charge in [-0.1, -0.05) is 29.8 Å². The highest BCUT2D eigenvalue weighted by Gasteiger charge is 2.36. The number of carbonyl (C=O) groups is 1. The monoisotopic (exact) mass is 388 g/mol. The first-order chi connectivity index (χ1) is 12.4. The average Bonchev–Trinajstić information content (AvgIpc) is 3.29. The summed E-state index contributed by atoms with van der Waals surface area (Å²) in [5.41, 5.74) is 1.37. The molecule has 1 amide bonds. The Morgan fingerprint density at radius 2 is 1.85 bits per heavy atom. The van der Waals surface area contributed by atoms with E-state index in [-0.39, 0.29) is 17.3 Å². The van der Waals surface area contributed by atoms with Crippen molar-refractivity contribution < 1.29 is 13.2 Å². The normalized spacial score (nSPS) is 17.7. The van der Waals surface area contributed by atoms with Crippen LogP contribution in [0.25, 0.3) is 10.9 Å². The minimum absolute atomic E-state index is 0.171. The molecular formula is C19H17ClN2O3S. The summed E-state index contributed by atoms with van der Waals surface area (Å²) in [5, 5.41) is 0.850. The van der Waals surface area contributed by atoms with Crippen LogP contribution < -0.4 is 0 Å². The first-order valence-corrected chi connectivity index (χ1v) is 10.2. The van der Waals surface area contributed by atoms with Gasteiger partial charge in [0.25, 0.3) is 5.91 Å². The van der Waals surface area contributed by atoms with Gasteiger partial charge in [-0.25, -0.2) is 8.42 Å². The number of likely N-dealkylation sites (tertiary alicyclic amines) is 1. The van der Waals surface area contributed by atoms with Crippen molar-refractivity contribution >= 4 is 38.2 Å². The fourth-order valence-electron chi connectivity index (χ4n) is 3.34. The van der Waals surface area contributed by atoms with Crippen molar-refractivity contribution in [2.24, 2.45) is 0 Å². The second-order valence-electron chi connectivity index (χ2n) is 6.43. The fraction of sp³-hybridized carbons (Fsp3) is 0.211. The van der Waals surface area contributed by atoms with Crippen LogP contribution in [0.4, 0.5) is 0 Å².